The fourth-order valence-corrected chi connectivity index (χ4v) is 3.18. The van der Waals surface area contributed by atoms with Crippen LogP contribution < -0.4 is 0 Å². The quantitative estimate of drug-likeness (QED) is 0.148. The van der Waals surface area contributed by atoms with Crippen molar-refractivity contribution in [1.29, 1.82) is 0 Å². The van der Waals surface area contributed by atoms with Crippen molar-refractivity contribution in [3.63, 3.8) is 0 Å². The average molecular weight is 353 g/mol. The molecule has 150 valence electrons. The molecule has 0 N–H and O–H groups in total. The Morgan fingerprint density at radius 1 is 0.440 bits per heavy atom. The molecule has 1 nitrogen and oxygen atoms in total. The highest BCUT2D eigenvalue weighted by molar-refractivity contribution is 4.81. The molecule has 0 aliphatic rings. The highest BCUT2D eigenvalue weighted by Crippen LogP contribution is 2.10. The lowest BCUT2D eigenvalue weighted by atomic mass is 10.1. The van der Waals surface area contributed by atoms with Crippen molar-refractivity contribution in [1.82, 2.24) is 0 Å². The van der Waals surface area contributed by atoms with Gasteiger partial charge in [0.15, 0.2) is 0 Å². The van der Waals surface area contributed by atoms with E-state index in [-0.39, 0.29) is 0 Å². The van der Waals surface area contributed by atoms with Gasteiger partial charge in [-0.15, -0.1) is 0 Å². The summed E-state index contributed by atoms with van der Waals surface area (Å²) in [6, 6.07) is 0. The molecule has 0 heterocycles. The van der Waals surface area contributed by atoms with Crippen molar-refractivity contribution in [3.05, 3.63) is 12.2 Å². The molecule has 0 aromatic carbocycles. The number of hydrogen-bond donors (Lipinski definition) is 0. The zero-order valence-electron chi connectivity index (χ0n) is 17.7. The Labute approximate surface area is 160 Å². The maximum Gasteiger partial charge on any atom is 0.0466 e. The smallest absolute Gasteiger partial charge is 0.0466 e. The van der Waals surface area contributed by atoms with Crippen LogP contribution in [0.2, 0.25) is 0 Å². The second kappa shape index (κ2) is 23.7. The highest BCUT2D eigenvalue weighted by Gasteiger charge is 1.93. The van der Waals surface area contributed by atoms with Crippen LogP contribution in [0, 0.1) is 0 Å². The van der Waals surface area contributed by atoms with E-state index in [2.05, 4.69) is 26.0 Å². The summed E-state index contributed by atoms with van der Waals surface area (Å²) < 4.78 is 5.69. The molecule has 0 spiro atoms. The lowest BCUT2D eigenvalue weighted by molar-refractivity contribution is 0.125. The fraction of sp³-hybridized carbons (Fsp3) is 0.917. The number of unbranched alkanes of at least 4 members (excludes halogenated alkanes) is 15. The van der Waals surface area contributed by atoms with Gasteiger partial charge in [0, 0.05) is 13.2 Å². The molecule has 0 rings (SSSR count). The largest absolute Gasteiger partial charge is 0.381 e. The van der Waals surface area contributed by atoms with E-state index in [0.29, 0.717) is 0 Å². The Morgan fingerprint density at radius 3 is 1.28 bits per heavy atom. The van der Waals surface area contributed by atoms with Crippen molar-refractivity contribution >= 4 is 0 Å². The second-order valence-corrected chi connectivity index (χ2v) is 7.61. The summed E-state index contributed by atoms with van der Waals surface area (Å²) in [7, 11) is 0. The normalized spacial score (nSPS) is 11.6. The molecule has 0 unspecified atom stereocenters. The standard InChI is InChI=1S/C24H48O/c1-3-5-7-9-10-11-12-13-14-15-16-17-18-19-20-22-24-25-23-21-8-6-4-2/h13-14H,3-12,15-24H2,1-2H3/b14-13+. The first kappa shape index (κ1) is 24.7. The molecule has 0 radical (unpaired) electrons. The van der Waals surface area contributed by atoms with Crippen molar-refractivity contribution < 1.29 is 4.74 Å². The summed E-state index contributed by atoms with van der Waals surface area (Å²) in [5, 5.41) is 0. The Balaban J connectivity index is 3.03. The minimum atomic E-state index is 0.977. The molecule has 0 bridgehead atoms. The van der Waals surface area contributed by atoms with Crippen LogP contribution in [0.3, 0.4) is 0 Å². The minimum absolute atomic E-state index is 0.977. The van der Waals surface area contributed by atoms with E-state index in [4.69, 9.17) is 4.74 Å². The van der Waals surface area contributed by atoms with Gasteiger partial charge < -0.3 is 4.74 Å². The fourth-order valence-electron chi connectivity index (χ4n) is 3.18. The Morgan fingerprint density at radius 2 is 0.800 bits per heavy atom. The van der Waals surface area contributed by atoms with Gasteiger partial charge in [0.2, 0.25) is 0 Å². The monoisotopic (exact) mass is 352 g/mol. The lowest BCUT2D eigenvalue weighted by Crippen LogP contribution is -1.97. The molecule has 0 saturated heterocycles. The van der Waals surface area contributed by atoms with E-state index in [1.165, 1.54) is 116 Å². The van der Waals surface area contributed by atoms with E-state index in [1.54, 1.807) is 0 Å². The van der Waals surface area contributed by atoms with Gasteiger partial charge in [-0.2, -0.15) is 0 Å². The van der Waals surface area contributed by atoms with Crippen LogP contribution in [-0.4, -0.2) is 13.2 Å². The van der Waals surface area contributed by atoms with Gasteiger partial charge in [-0.25, -0.2) is 0 Å². The van der Waals surface area contributed by atoms with Crippen LogP contribution >= 0.6 is 0 Å². The van der Waals surface area contributed by atoms with Gasteiger partial charge in [-0.3, -0.25) is 0 Å². The van der Waals surface area contributed by atoms with Gasteiger partial charge in [0.05, 0.1) is 0 Å². The van der Waals surface area contributed by atoms with Crippen molar-refractivity contribution in [3.8, 4) is 0 Å². The third-order valence-corrected chi connectivity index (χ3v) is 4.94. The van der Waals surface area contributed by atoms with Gasteiger partial charge in [0.25, 0.3) is 0 Å². The highest BCUT2D eigenvalue weighted by atomic mass is 16.5. The Kier molecular flexibility index (Phi) is 23.4. The number of allylic oxidation sites excluding steroid dienone is 2. The summed E-state index contributed by atoms with van der Waals surface area (Å²) in [5.41, 5.74) is 0. The molecule has 25 heavy (non-hydrogen) atoms. The molecular formula is C24H48O. The summed E-state index contributed by atoms with van der Waals surface area (Å²) in [5.74, 6) is 0. The van der Waals surface area contributed by atoms with E-state index < -0.39 is 0 Å². The van der Waals surface area contributed by atoms with Gasteiger partial charge in [-0.05, 0) is 38.5 Å². The third kappa shape index (κ3) is 23.7. The molecule has 0 amide bonds. The predicted molar refractivity (Wildman–Crippen MR) is 114 cm³/mol. The molecule has 0 aliphatic carbocycles. The third-order valence-electron chi connectivity index (χ3n) is 4.94. The molecule has 1 heteroatoms. The summed E-state index contributed by atoms with van der Waals surface area (Å²) in [6.45, 7) is 6.50. The number of rotatable bonds is 21. The van der Waals surface area contributed by atoms with Crippen molar-refractivity contribution in [2.24, 2.45) is 0 Å². The second-order valence-electron chi connectivity index (χ2n) is 7.61. The molecular weight excluding hydrogens is 304 g/mol. The van der Waals surface area contributed by atoms with E-state index in [9.17, 15) is 0 Å². The number of ether oxygens (including phenoxy) is 1. The number of hydrogen-bond acceptors (Lipinski definition) is 1. The zero-order valence-corrected chi connectivity index (χ0v) is 17.7. The SMILES string of the molecule is CCCCCCCC/C=C/CCCCCCCCOCCCCCC. The van der Waals surface area contributed by atoms with Crippen LogP contribution in [0.1, 0.15) is 129 Å². The first-order valence-corrected chi connectivity index (χ1v) is 11.6. The maximum atomic E-state index is 5.69. The van der Waals surface area contributed by atoms with E-state index in [1.807, 2.05) is 0 Å². The topological polar surface area (TPSA) is 9.23 Å². The van der Waals surface area contributed by atoms with E-state index >= 15 is 0 Å². The first-order chi connectivity index (χ1) is 12.4. The first-order valence-electron chi connectivity index (χ1n) is 11.6. The van der Waals surface area contributed by atoms with Crippen LogP contribution in [0.15, 0.2) is 12.2 Å². The predicted octanol–water partition coefficient (Wildman–Crippen LogP) is 8.62. The van der Waals surface area contributed by atoms with Crippen molar-refractivity contribution in [2.45, 2.75) is 129 Å². The Hall–Kier alpha value is -0.300. The Bertz CT molecular complexity index is 246. The van der Waals surface area contributed by atoms with Gasteiger partial charge in [0.1, 0.15) is 0 Å². The molecule has 0 aromatic rings. The molecule has 0 atom stereocenters. The van der Waals surface area contributed by atoms with Crippen molar-refractivity contribution in [2.75, 3.05) is 13.2 Å². The van der Waals surface area contributed by atoms with Crippen LogP contribution in [0.5, 0.6) is 0 Å². The molecule has 0 aliphatic heterocycles. The van der Waals surface area contributed by atoms with Gasteiger partial charge >= 0.3 is 0 Å². The summed E-state index contributed by atoms with van der Waals surface area (Å²) >= 11 is 0. The van der Waals surface area contributed by atoms with E-state index in [0.717, 1.165) is 13.2 Å². The molecule has 0 fully saturated rings. The summed E-state index contributed by atoms with van der Waals surface area (Å²) in [6.07, 6.45) is 29.3. The van der Waals surface area contributed by atoms with Crippen LogP contribution in [0.25, 0.3) is 0 Å². The average Bonchev–Trinajstić information content (AvgIpc) is 2.63. The van der Waals surface area contributed by atoms with Crippen LogP contribution in [0.4, 0.5) is 0 Å². The zero-order chi connectivity index (χ0) is 18.3. The van der Waals surface area contributed by atoms with Gasteiger partial charge in [-0.1, -0.05) is 103 Å². The lowest BCUT2D eigenvalue weighted by Gasteiger charge is -2.04. The molecule has 0 saturated carbocycles. The minimum Gasteiger partial charge on any atom is -0.381 e. The summed E-state index contributed by atoms with van der Waals surface area (Å²) in [4.78, 5) is 0. The maximum absolute atomic E-state index is 5.69. The van der Waals surface area contributed by atoms with Crippen LogP contribution in [-0.2, 0) is 4.74 Å². The molecule has 0 aromatic heterocycles.